The number of para-hydroxylation sites is 1. The largest absolute Gasteiger partial charge is 0.494 e. The lowest BCUT2D eigenvalue weighted by atomic mass is 10.0. The third kappa shape index (κ3) is 3.06. The molecule has 0 aliphatic heterocycles. The van der Waals surface area contributed by atoms with Crippen LogP contribution in [0.1, 0.15) is 46.1 Å². The molecule has 1 atom stereocenters. The van der Waals surface area contributed by atoms with Crippen LogP contribution >= 0.6 is 12.2 Å². The van der Waals surface area contributed by atoms with E-state index >= 15 is 0 Å². The zero-order chi connectivity index (χ0) is 14.7. The fourth-order valence-corrected chi connectivity index (χ4v) is 3.06. The van der Waals surface area contributed by atoms with Crippen molar-refractivity contribution in [3.63, 3.8) is 0 Å². The zero-order valence-corrected chi connectivity index (χ0v) is 13.6. The lowest BCUT2D eigenvalue weighted by molar-refractivity contribution is 0.419. The molecule has 0 radical (unpaired) electrons. The second kappa shape index (κ2) is 6.44. The maximum atomic E-state index is 5.49. The molecule has 0 spiro atoms. The first-order valence-corrected chi connectivity index (χ1v) is 7.72. The first-order chi connectivity index (χ1) is 9.54. The summed E-state index contributed by atoms with van der Waals surface area (Å²) < 4.78 is 8.39. The van der Waals surface area contributed by atoms with E-state index in [9.17, 15) is 0 Å². The Balaban J connectivity index is 2.29. The van der Waals surface area contributed by atoms with Crippen LogP contribution in [-0.2, 0) is 0 Å². The standard InChI is InChI=1S/C16H24N2OS/c1-11(2)7-5-8-12(3)18-13-9-6-10-14(19-4)15(13)17-16(18)20/h6,9-12H,5,7-8H2,1-4H3,(H,17,20). The monoisotopic (exact) mass is 292 g/mol. The Hall–Kier alpha value is -1.29. The van der Waals surface area contributed by atoms with E-state index in [1.807, 2.05) is 12.1 Å². The van der Waals surface area contributed by atoms with Gasteiger partial charge in [-0.2, -0.15) is 0 Å². The van der Waals surface area contributed by atoms with E-state index in [1.165, 1.54) is 12.8 Å². The van der Waals surface area contributed by atoms with Gasteiger partial charge in [0.15, 0.2) is 4.77 Å². The summed E-state index contributed by atoms with van der Waals surface area (Å²) in [5.41, 5.74) is 2.13. The summed E-state index contributed by atoms with van der Waals surface area (Å²) in [5.74, 6) is 1.61. The SMILES string of the molecule is COc1cccc2c1[nH]c(=S)n2C(C)CCCC(C)C. The van der Waals surface area contributed by atoms with Crippen molar-refractivity contribution in [2.45, 2.75) is 46.1 Å². The predicted octanol–water partition coefficient (Wildman–Crippen LogP) is 5.09. The van der Waals surface area contributed by atoms with Crippen LogP contribution in [0.5, 0.6) is 5.75 Å². The third-order valence-corrected chi connectivity index (χ3v) is 4.08. The molecule has 0 fully saturated rings. The molecule has 3 nitrogen and oxygen atoms in total. The first-order valence-electron chi connectivity index (χ1n) is 7.31. The lowest BCUT2D eigenvalue weighted by Gasteiger charge is -2.15. The van der Waals surface area contributed by atoms with Crippen LogP contribution in [0.15, 0.2) is 18.2 Å². The molecular formula is C16H24N2OS. The minimum atomic E-state index is 0.405. The van der Waals surface area contributed by atoms with Gasteiger partial charge in [0.05, 0.1) is 12.6 Å². The first kappa shape index (κ1) is 15.1. The molecule has 0 saturated heterocycles. The number of benzene rings is 1. The highest BCUT2D eigenvalue weighted by Gasteiger charge is 2.13. The second-order valence-electron chi connectivity index (χ2n) is 5.83. The van der Waals surface area contributed by atoms with Crippen LogP contribution < -0.4 is 4.74 Å². The van der Waals surface area contributed by atoms with Crippen LogP contribution in [0.3, 0.4) is 0 Å². The van der Waals surface area contributed by atoms with E-state index in [2.05, 4.69) is 36.4 Å². The molecule has 0 aliphatic rings. The Bertz CT molecular complexity index is 627. The van der Waals surface area contributed by atoms with E-state index in [0.29, 0.717) is 6.04 Å². The molecule has 0 amide bonds. The number of rotatable bonds is 6. The number of nitrogens with zero attached hydrogens (tertiary/aromatic N) is 1. The molecule has 1 aromatic heterocycles. The van der Waals surface area contributed by atoms with Crippen LogP contribution in [0, 0.1) is 10.7 Å². The topological polar surface area (TPSA) is 29.9 Å². The number of nitrogens with one attached hydrogen (secondary N) is 1. The number of aromatic amines is 1. The van der Waals surface area contributed by atoms with Gasteiger partial charge in [0.1, 0.15) is 11.3 Å². The molecule has 1 heterocycles. The highest BCUT2D eigenvalue weighted by atomic mass is 32.1. The molecular weight excluding hydrogens is 268 g/mol. The van der Waals surface area contributed by atoms with Crippen LogP contribution in [0.2, 0.25) is 0 Å². The van der Waals surface area contributed by atoms with Crippen LogP contribution in [-0.4, -0.2) is 16.7 Å². The van der Waals surface area contributed by atoms with Gasteiger partial charge in [-0.05, 0) is 43.6 Å². The number of ether oxygens (including phenoxy) is 1. The highest BCUT2D eigenvalue weighted by molar-refractivity contribution is 7.71. The van der Waals surface area contributed by atoms with Gasteiger partial charge in [0.25, 0.3) is 0 Å². The van der Waals surface area contributed by atoms with E-state index in [4.69, 9.17) is 17.0 Å². The van der Waals surface area contributed by atoms with Crippen molar-refractivity contribution in [1.82, 2.24) is 9.55 Å². The summed E-state index contributed by atoms with van der Waals surface area (Å²) in [6, 6.07) is 6.48. The summed E-state index contributed by atoms with van der Waals surface area (Å²) in [6.07, 6.45) is 3.65. The fourth-order valence-electron chi connectivity index (χ4n) is 2.68. The van der Waals surface area contributed by atoms with Gasteiger partial charge in [0.2, 0.25) is 0 Å². The molecule has 110 valence electrons. The van der Waals surface area contributed by atoms with Gasteiger partial charge in [-0.25, -0.2) is 0 Å². The smallest absolute Gasteiger partial charge is 0.178 e. The molecule has 1 unspecified atom stereocenters. The number of fused-ring (bicyclic) bond motifs is 1. The minimum Gasteiger partial charge on any atom is -0.494 e. The van der Waals surface area contributed by atoms with E-state index < -0.39 is 0 Å². The molecule has 0 saturated carbocycles. The minimum absolute atomic E-state index is 0.405. The zero-order valence-electron chi connectivity index (χ0n) is 12.8. The summed E-state index contributed by atoms with van der Waals surface area (Å²) in [5, 5.41) is 0. The molecule has 1 aromatic carbocycles. The lowest BCUT2D eigenvalue weighted by Crippen LogP contribution is -2.05. The molecule has 0 aliphatic carbocycles. The Morgan fingerprint density at radius 3 is 2.65 bits per heavy atom. The molecule has 20 heavy (non-hydrogen) atoms. The second-order valence-corrected chi connectivity index (χ2v) is 6.22. The molecule has 4 heteroatoms. The van der Waals surface area contributed by atoms with Gasteiger partial charge >= 0.3 is 0 Å². The number of H-pyrrole nitrogens is 1. The maximum Gasteiger partial charge on any atom is 0.178 e. The Labute approximate surface area is 126 Å². The number of methoxy groups -OCH3 is 1. The van der Waals surface area contributed by atoms with E-state index in [1.54, 1.807) is 7.11 Å². The molecule has 1 N–H and O–H groups in total. The third-order valence-electron chi connectivity index (χ3n) is 3.78. The van der Waals surface area contributed by atoms with Crippen molar-refractivity contribution in [1.29, 1.82) is 0 Å². The predicted molar refractivity (Wildman–Crippen MR) is 87.1 cm³/mol. The number of aromatic nitrogens is 2. The normalized spacial score (nSPS) is 13.1. The Kier molecular flexibility index (Phi) is 4.86. The highest BCUT2D eigenvalue weighted by Crippen LogP contribution is 2.28. The summed E-state index contributed by atoms with van der Waals surface area (Å²) >= 11 is 5.49. The average molecular weight is 292 g/mol. The fraction of sp³-hybridized carbons (Fsp3) is 0.562. The molecule has 2 rings (SSSR count). The number of imidazole rings is 1. The van der Waals surface area contributed by atoms with Gasteiger partial charge < -0.3 is 14.3 Å². The van der Waals surface area contributed by atoms with Crippen molar-refractivity contribution in [2.75, 3.05) is 7.11 Å². The Morgan fingerprint density at radius 2 is 2.00 bits per heavy atom. The average Bonchev–Trinajstić information content (AvgIpc) is 2.73. The summed E-state index contributed by atoms with van der Waals surface area (Å²) in [7, 11) is 1.69. The summed E-state index contributed by atoms with van der Waals surface area (Å²) in [6.45, 7) is 6.78. The summed E-state index contributed by atoms with van der Waals surface area (Å²) in [4.78, 5) is 3.28. The number of hydrogen-bond acceptors (Lipinski definition) is 2. The molecule has 2 aromatic rings. The van der Waals surface area contributed by atoms with Gasteiger partial charge in [0, 0.05) is 6.04 Å². The van der Waals surface area contributed by atoms with Crippen molar-refractivity contribution in [3.8, 4) is 5.75 Å². The van der Waals surface area contributed by atoms with Gasteiger partial charge in [-0.1, -0.05) is 32.8 Å². The maximum absolute atomic E-state index is 5.49. The van der Waals surface area contributed by atoms with Crippen molar-refractivity contribution in [3.05, 3.63) is 23.0 Å². The van der Waals surface area contributed by atoms with Crippen molar-refractivity contribution >= 4 is 23.3 Å². The van der Waals surface area contributed by atoms with E-state index in [-0.39, 0.29) is 0 Å². The van der Waals surface area contributed by atoms with Gasteiger partial charge in [-0.15, -0.1) is 0 Å². The van der Waals surface area contributed by atoms with Crippen LogP contribution in [0.25, 0.3) is 11.0 Å². The quantitative estimate of drug-likeness (QED) is 0.751. The van der Waals surface area contributed by atoms with E-state index in [0.717, 1.165) is 33.9 Å². The van der Waals surface area contributed by atoms with Crippen molar-refractivity contribution in [2.24, 2.45) is 5.92 Å². The Morgan fingerprint density at radius 1 is 1.25 bits per heavy atom. The number of hydrogen-bond donors (Lipinski definition) is 1. The van der Waals surface area contributed by atoms with Crippen molar-refractivity contribution < 1.29 is 4.74 Å². The molecule has 0 bridgehead atoms. The van der Waals surface area contributed by atoms with Crippen LogP contribution in [0.4, 0.5) is 0 Å². The van der Waals surface area contributed by atoms with Gasteiger partial charge in [-0.3, -0.25) is 0 Å².